The molecule has 0 fully saturated rings. The predicted octanol–water partition coefficient (Wildman–Crippen LogP) is 3.30. The first-order valence-corrected chi connectivity index (χ1v) is 5.68. The Labute approximate surface area is 97.6 Å². The van der Waals surface area contributed by atoms with E-state index in [1.165, 1.54) is 5.56 Å². The van der Waals surface area contributed by atoms with Gasteiger partial charge in [-0.05, 0) is 32.8 Å². The lowest BCUT2D eigenvalue weighted by Gasteiger charge is -2.09. The molecule has 0 radical (unpaired) electrons. The average molecular weight is 220 g/mol. The smallest absolute Gasteiger partial charge is 0.163 e. The number of ketones is 1. The Balaban J connectivity index is 2.66. The van der Waals surface area contributed by atoms with Crippen molar-refractivity contribution >= 4 is 5.78 Å². The summed E-state index contributed by atoms with van der Waals surface area (Å²) in [5, 5.41) is 0. The van der Waals surface area contributed by atoms with Gasteiger partial charge in [0.05, 0.1) is 6.10 Å². The van der Waals surface area contributed by atoms with Gasteiger partial charge in [0.2, 0.25) is 0 Å². The summed E-state index contributed by atoms with van der Waals surface area (Å²) in [4.78, 5) is 11.9. The van der Waals surface area contributed by atoms with Gasteiger partial charge in [-0.1, -0.05) is 23.8 Å². The zero-order chi connectivity index (χ0) is 12.1. The number of hydrogen-bond acceptors (Lipinski definition) is 2. The predicted molar refractivity (Wildman–Crippen MR) is 66.0 cm³/mol. The molecule has 0 bridgehead atoms. The summed E-state index contributed by atoms with van der Waals surface area (Å²) in [6.07, 6.45) is 1.48. The van der Waals surface area contributed by atoms with Crippen molar-refractivity contribution in [1.82, 2.24) is 0 Å². The lowest BCUT2D eigenvalue weighted by atomic mass is 9.99. The van der Waals surface area contributed by atoms with Crippen molar-refractivity contribution in [2.24, 2.45) is 0 Å². The van der Waals surface area contributed by atoms with Crippen molar-refractivity contribution in [3.8, 4) is 0 Å². The van der Waals surface area contributed by atoms with Crippen molar-refractivity contribution in [3.63, 3.8) is 0 Å². The van der Waals surface area contributed by atoms with E-state index in [2.05, 4.69) is 0 Å². The summed E-state index contributed by atoms with van der Waals surface area (Å²) in [5.41, 5.74) is 3.10. The molecule has 1 unspecified atom stereocenters. The van der Waals surface area contributed by atoms with E-state index >= 15 is 0 Å². The minimum atomic E-state index is 0.148. The highest BCUT2D eigenvalue weighted by Gasteiger charge is 2.10. The second-order valence-electron chi connectivity index (χ2n) is 4.33. The molecule has 0 saturated carbocycles. The van der Waals surface area contributed by atoms with Crippen molar-refractivity contribution in [1.29, 1.82) is 0 Å². The van der Waals surface area contributed by atoms with Crippen LogP contribution >= 0.6 is 0 Å². The van der Waals surface area contributed by atoms with Gasteiger partial charge in [0.1, 0.15) is 0 Å². The van der Waals surface area contributed by atoms with Crippen LogP contribution < -0.4 is 0 Å². The van der Waals surface area contributed by atoms with Crippen LogP contribution in [0, 0.1) is 13.8 Å². The van der Waals surface area contributed by atoms with E-state index < -0.39 is 0 Å². The first-order valence-electron chi connectivity index (χ1n) is 5.68. The van der Waals surface area contributed by atoms with Gasteiger partial charge in [0.15, 0.2) is 5.78 Å². The Hall–Kier alpha value is -1.15. The summed E-state index contributed by atoms with van der Waals surface area (Å²) in [7, 11) is 1.67. The highest BCUT2D eigenvalue weighted by molar-refractivity contribution is 5.97. The first-order chi connectivity index (χ1) is 7.54. The fourth-order valence-electron chi connectivity index (χ4n) is 1.71. The topological polar surface area (TPSA) is 26.3 Å². The fourth-order valence-corrected chi connectivity index (χ4v) is 1.71. The monoisotopic (exact) mass is 220 g/mol. The van der Waals surface area contributed by atoms with E-state index in [1.54, 1.807) is 7.11 Å². The van der Waals surface area contributed by atoms with Crippen LogP contribution in [0.1, 0.15) is 41.3 Å². The molecule has 0 spiro atoms. The summed E-state index contributed by atoms with van der Waals surface area (Å²) in [6.45, 7) is 6.00. The maximum Gasteiger partial charge on any atom is 0.163 e. The first kappa shape index (κ1) is 12.9. The highest BCUT2D eigenvalue weighted by atomic mass is 16.5. The molecule has 0 saturated heterocycles. The number of aryl methyl sites for hydroxylation is 2. The Morgan fingerprint density at radius 2 is 2.06 bits per heavy atom. The second-order valence-corrected chi connectivity index (χ2v) is 4.33. The standard InChI is InChI=1S/C14H20O2/c1-10-5-7-13(11(2)9-10)14(15)8-6-12(3)16-4/h5,7,9,12H,6,8H2,1-4H3. The molecular weight excluding hydrogens is 200 g/mol. The summed E-state index contributed by atoms with van der Waals surface area (Å²) >= 11 is 0. The van der Waals surface area contributed by atoms with Crippen LogP contribution in [-0.2, 0) is 4.74 Å². The molecule has 1 aromatic carbocycles. The normalized spacial score (nSPS) is 12.5. The van der Waals surface area contributed by atoms with Gasteiger partial charge in [0.25, 0.3) is 0 Å². The third kappa shape index (κ3) is 3.46. The number of Topliss-reactive ketones (excluding diaryl/α,β-unsaturated/α-hetero) is 1. The third-order valence-corrected chi connectivity index (χ3v) is 2.86. The zero-order valence-corrected chi connectivity index (χ0v) is 10.5. The summed E-state index contributed by atoms with van der Waals surface area (Å²) in [5.74, 6) is 0.210. The minimum absolute atomic E-state index is 0.148. The number of ether oxygens (including phenoxy) is 1. The van der Waals surface area contributed by atoms with E-state index in [9.17, 15) is 4.79 Å². The maximum atomic E-state index is 11.9. The molecule has 0 aromatic heterocycles. The fraction of sp³-hybridized carbons (Fsp3) is 0.500. The molecule has 1 rings (SSSR count). The number of benzene rings is 1. The molecule has 2 heteroatoms. The lowest BCUT2D eigenvalue weighted by Crippen LogP contribution is -2.09. The molecule has 0 N–H and O–H groups in total. The molecule has 1 aromatic rings. The number of rotatable bonds is 5. The summed E-state index contributed by atoms with van der Waals surface area (Å²) in [6, 6.07) is 5.96. The Morgan fingerprint density at radius 3 is 2.62 bits per heavy atom. The van der Waals surface area contributed by atoms with Gasteiger partial charge < -0.3 is 4.74 Å². The lowest BCUT2D eigenvalue weighted by molar-refractivity contribution is 0.0877. The van der Waals surface area contributed by atoms with Crippen molar-refractivity contribution < 1.29 is 9.53 Å². The highest BCUT2D eigenvalue weighted by Crippen LogP contribution is 2.14. The molecule has 0 aliphatic heterocycles. The molecule has 0 heterocycles. The van der Waals surface area contributed by atoms with Crippen LogP contribution in [0.5, 0.6) is 0 Å². The van der Waals surface area contributed by atoms with Crippen molar-refractivity contribution in [2.45, 2.75) is 39.7 Å². The van der Waals surface area contributed by atoms with E-state index in [0.717, 1.165) is 17.5 Å². The quantitative estimate of drug-likeness (QED) is 0.712. The molecule has 16 heavy (non-hydrogen) atoms. The van der Waals surface area contributed by atoms with Gasteiger partial charge in [-0.15, -0.1) is 0 Å². The molecule has 88 valence electrons. The molecule has 0 aliphatic carbocycles. The van der Waals surface area contributed by atoms with Crippen LogP contribution in [-0.4, -0.2) is 19.0 Å². The van der Waals surface area contributed by atoms with E-state index in [4.69, 9.17) is 4.74 Å². The largest absolute Gasteiger partial charge is 0.382 e. The van der Waals surface area contributed by atoms with Gasteiger partial charge in [-0.25, -0.2) is 0 Å². The van der Waals surface area contributed by atoms with E-state index in [0.29, 0.717) is 6.42 Å². The second kappa shape index (κ2) is 5.80. The third-order valence-electron chi connectivity index (χ3n) is 2.86. The number of hydrogen-bond donors (Lipinski definition) is 0. The molecule has 0 aliphatic rings. The van der Waals surface area contributed by atoms with E-state index in [-0.39, 0.29) is 11.9 Å². The molecule has 2 nitrogen and oxygen atoms in total. The average Bonchev–Trinajstić information content (AvgIpc) is 2.25. The van der Waals surface area contributed by atoms with Crippen LogP contribution in [0.4, 0.5) is 0 Å². The van der Waals surface area contributed by atoms with Gasteiger partial charge >= 0.3 is 0 Å². The van der Waals surface area contributed by atoms with Gasteiger partial charge in [-0.3, -0.25) is 4.79 Å². The summed E-state index contributed by atoms with van der Waals surface area (Å²) < 4.78 is 5.13. The van der Waals surface area contributed by atoms with Crippen LogP contribution in [0.15, 0.2) is 18.2 Å². The molecule has 1 atom stereocenters. The van der Waals surface area contributed by atoms with Crippen molar-refractivity contribution in [3.05, 3.63) is 34.9 Å². The number of methoxy groups -OCH3 is 1. The Kier molecular flexibility index (Phi) is 4.69. The van der Waals surface area contributed by atoms with Crippen molar-refractivity contribution in [2.75, 3.05) is 7.11 Å². The SMILES string of the molecule is COC(C)CCC(=O)c1ccc(C)cc1C. The van der Waals surface area contributed by atoms with Crippen LogP contribution in [0.3, 0.4) is 0 Å². The number of carbonyl (C=O) groups is 1. The maximum absolute atomic E-state index is 11.9. The van der Waals surface area contributed by atoms with E-state index in [1.807, 2.05) is 39.0 Å². The van der Waals surface area contributed by atoms with Gasteiger partial charge in [0, 0.05) is 19.1 Å². The Bertz CT molecular complexity index is 369. The zero-order valence-electron chi connectivity index (χ0n) is 10.5. The number of carbonyl (C=O) groups excluding carboxylic acids is 1. The van der Waals surface area contributed by atoms with Crippen LogP contribution in [0.2, 0.25) is 0 Å². The minimum Gasteiger partial charge on any atom is -0.382 e. The molecule has 0 amide bonds. The van der Waals surface area contributed by atoms with Gasteiger partial charge in [-0.2, -0.15) is 0 Å². The molecular formula is C14H20O2. The Morgan fingerprint density at radius 1 is 1.38 bits per heavy atom. The van der Waals surface area contributed by atoms with Crippen LogP contribution in [0.25, 0.3) is 0 Å².